The van der Waals surface area contributed by atoms with Crippen LogP contribution >= 0.6 is 24.8 Å². The van der Waals surface area contributed by atoms with Crippen LogP contribution in [0, 0.1) is 5.92 Å². The Morgan fingerprint density at radius 3 is 2.57 bits per heavy atom. The second-order valence-electron chi connectivity index (χ2n) is 5.88. The molecule has 1 aliphatic carbocycles. The van der Waals surface area contributed by atoms with Crippen LogP contribution < -0.4 is 0 Å². The SMILES string of the molecule is O=C(C1CC1)N1CCN(C(=S)S)C(Cc2ccccc2)C1. The molecular formula is C16H20N2OS2. The van der Waals surface area contributed by atoms with E-state index in [4.69, 9.17) is 12.2 Å². The van der Waals surface area contributed by atoms with Crippen LogP contribution in [0.1, 0.15) is 18.4 Å². The third-order valence-electron chi connectivity index (χ3n) is 4.28. The largest absolute Gasteiger partial charge is 0.351 e. The van der Waals surface area contributed by atoms with Crippen LogP contribution in [0.25, 0.3) is 0 Å². The molecule has 0 radical (unpaired) electrons. The molecule has 1 atom stereocenters. The minimum absolute atomic E-state index is 0.230. The van der Waals surface area contributed by atoms with E-state index in [1.165, 1.54) is 5.56 Å². The number of amides is 1. The number of hydrogen-bond acceptors (Lipinski definition) is 2. The predicted octanol–water partition coefficient (Wildman–Crippen LogP) is 2.37. The molecule has 1 aliphatic heterocycles. The second-order valence-corrected chi connectivity index (χ2v) is 6.99. The molecule has 2 aliphatic rings. The molecule has 1 aromatic rings. The maximum atomic E-state index is 12.3. The van der Waals surface area contributed by atoms with Gasteiger partial charge in [0, 0.05) is 25.6 Å². The molecule has 1 aromatic carbocycles. The number of hydrogen-bond donors (Lipinski definition) is 1. The summed E-state index contributed by atoms with van der Waals surface area (Å²) < 4.78 is 0.634. The third kappa shape index (κ3) is 3.58. The van der Waals surface area contributed by atoms with Gasteiger partial charge in [-0.05, 0) is 24.8 Å². The van der Waals surface area contributed by atoms with Crippen molar-refractivity contribution in [3.63, 3.8) is 0 Å². The van der Waals surface area contributed by atoms with E-state index < -0.39 is 0 Å². The van der Waals surface area contributed by atoms with Crippen LogP contribution in [-0.2, 0) is 11.2 Å². The van der Waals surface area contributed by atoms with Crippen molar-refractivity contribution in [2.45, 2.75) is 25.3 Å². The summed E-state index contributed by atoms with van der Waals surface area (Å²) in [6.07, 6.45) is 3.02. The van der Waals surface area contributed by atoms with Gasteiger partial charge in [-0.1, -0.05) is 42.5 Å². The van der Waals surface area contributed by atoms with Crippen molar-refractivity contribution in [3.8, 4) is 0 Å². The summed E-state index contributed by atoms with van der Waals surface area (Å²) in [6, 6.07) is 10.6. The van der Waals surface area contributed by atoms with Crippen molar-refractivity contribution in [2.75, 3.05) is 19.6 Å². The number of thiol groups is 1. The van der Waals surface area contributed by atoms with Crippen molar-refractivity contribution in [1.29, 1.82) is 0 Å². The quantitative estimate of drug-likeness (QED) is 0.683. The third-order valence-corrected chi connectivity index (χ3v) is 4.77. The van der Waals surface area contributed by atoms with Gasteiger partial charge in [-0.25, -0.2) is 0 Å². The van der Waals surface area contributed by atoms with Crippen molar-refractivity contribution in [3.05, 3.63) is 35.9 Å². The molecule has 0 spiro atoms. The molecule has 1 unspecified atom stereocenters. The van der Waals surface area contributed by atoms with Gasteiger partial charge >= 0.3 is 0 Å². The molecule has 1 saturated heterocycles. The standard InChI is InChI=1S/C16H20N2OS2/c19-15(13-6-7-13)17-8-9-18(16(20)21)14(11-17)10-12-4-2-1-3-5-12/h1-5,13-14H,6-11H2,(H,20,21). The smallest absolute Gasteiger partial charge is 0.225 e. The first-order chi connectivity index (χ1) is 10.1. The number of carbonyl (C=O) groups is 1. The lowest BCUT2D eigenvalue weighted by Crippen LogP contribution is -2.56. The lowest BCUT2D eigenvalue weighted by molar-refractivity contribution is -0.134. The van der Waals surface area contributed by atoms with E-state index in [1.54, 1.807) is 0 Å². The fraction of sp³-hybridized carbons (Fsp3) is 0.500. The maximum Gasteiger partial charge on any atom is 0.225 e. The fourth-order valence-corrected chi connectivity index (χ4v) is 3.46. The number of nitrogens with zero attached hydrogens (tertiary/aromatic N) is 2. The summed E-state index contributed by atoms with van der Waals surface area (Å²) in [5.41, 5.74) is 1.28. The fourth-order valence-electron chi connectivity index (χ4n) is 2.96. The van der Waals surface area contributed by atoms with Gasteiger partial charge in [-0.2, -0.15) is 0 Å². The zero-order valence-corrected chi connectivity index (χ0v) is 13.7. The van der Waals surface area contributed by atoms with Gasteiger partial charge in [0.15, 0.2) is 0 Å². The molecule has 3 nitrogen and oxygen atoms in total. The molecular weight excluding hydrogens is 300 g/mol. The Kier molecular flexibility index (Phi) is 4.50. The highest BCUT2D eigenvalue weighted by Gasteiger charge is 2.37. The normalized spacial score (nSPS) is 22.2. The zero-order valence-electron chi connectivity index (χ0n) is 11.9. The first kappa shape index (κ1) is 14.9. The lowest BCUT2D eigenvalue weighted by atomic mass is 10.0. The molecule has 21 heavy (non-hydrogen) atoms. The number of carbonyl (C=O) groups excluding carboxylic acids is 1. The average molecular weight is 320 g/mol. The van der Waals surface area contributed by atoms with Gasteiger partial charge in [0.2, 0.25) is 5.91 Å². The first-order valence-electron chi connectivity index (χ1n) is 7.47. The lowest BCUT2D eigenvalue weighted by Gasteiger charge is -2.42. The Bertz CT molecular complexity index is 530. The highest BCUT2D eigenvalue weighted by atomic mass is 32.1. The number of benzene rings is 1. The minimum atomic E-state index is 0.230. The molecule has 1 amide bonds. The highest BCUT2D eigenvalue weighted by molar-refractivity contribution is 8.10. The Balaban J connectivity index is 1.71. The van der Waals surface area contributed by atoms with E-state index in [-0.39, 0.29) is 12.0 Å². The van der Waals surface area contributed by atoms with E-state index in [2.05, 4.69) is 41.8 Å². The molecule has 112 valence electrons. The molecule has 0 bridgehead atoms. The van der Waals surface area contributed by atoms with E-state index in [0.29, 0.717) is 10.2 Å². The van der Waals surface area contributed by atoms with Gasteiger partial charge in [0.1, 0.15) is 4.32 Å². The topological polar surface area (TPSA) is 23.6 Å². The highest BCUT2D eigenvalue weighted by Crippen LogP contribution is 2.32. The Hall–Kier alpha value is -1.07. The van der Waals surface area contributed by atoms with Crippen LogP contribution in [-0.4, -0.2) is 45.7 Å². The first-order valence-corrected chi connectivity index (χ1v) is 8.33. The second kappa shape index (κ2) is 6.36. The van der Waals surface area contributed by atoms with Crippen LogP contribution in [0.3, 0.4) is 0 Å². The van der Waals surface area contributed by atoms with Crippen molar-refractivity contribution in [2.24, 2.45) is 5.92 Å². The van der Waals surface area contributed by atoms with Crippen LogP contribution in [0.2, 0.25) is 0 Å². The van der Waals surface area contributed by atoms with Crippen molar-refractivity contribution in [1.82, 2.24) is 9.80 Å². The summed E-state index contributed by atoms with van der Waals surface area (Å²) in [6.45, 7) is 2.31. The summed E-state index contributed by atoms with van der Waals surface area (Å²) >= 11 is 9.62. The summed E-state index contributed by atoms with van der Waals surface area (Å²) in [5, 5.41) is 0. The van der Waals surface area contributed by atoms with E-state index in [9.17, 15) is 4.79 Å². The Morgan fingerprint density at radius 1 is 1.24 bits per heavy atom. The summed E-state index contributed by atoms with van der Waals surface area (Å²) in [4.78, 5) is 16.5. The molecule has 2 fully saturated rings. The molecule has 0 aromatic heterocycles. The van der Waals surface area contributed by atoms with Gasteiger partial charge in [-0.15, -0.1) is 12.6 Å². The van der Waals surface area contributed by atoms with E-state index in [0.717, 1.165) is 38.9 Å². The minimum Gasteiger partial charge on any atom is -0.351 e. The summed E-state index contributed by atoms with van der Waals surface area (Å²) in [5.74, 6) is 0.620. The maximum absolute atomic E-state index is 12.3. The monoisotopic (exact) mass is 320 g/mol. The number of thiocarbonyl (C=S) groups is 1. The van der Waals surface area contributed by atoms with Crippen LogP contribution in [0.4, 0.5) is 0 Å². The van der Waals surface area contributed by atoms with Crippen LogP contribution in [0.15, 0.2) is 30.3 Å². The van der Waals surface area contributed by atoms with E-state index >= 15 is 0 Å². The number of rotatable bonds is 3. The zero-order chi connectivity index (χ0) is 14.8. The van der Waals surface area contributed by atoms with Crippen molar-refractivity contribution >= 4 is 35.1 Å². The predicted molar refractivity (Wildman–Crippen MR) is 91.5 cm³/mol. The Morgan fingerprint density at radius 2 is 1.95 bits per heavy atom. The molecule has 3 rings (SSSR count). The van der Waals surface area contributed by atoms with Crippen LogP contribution in [0.5, 0.6) is 0 Å². The van der Waals surface area contributed by atoms with Crippen molar-refractivity contribution < 1.29 is 4.79 Å². The molecule has 0 N–H and O–H groups in total. The van der Waals surface area contributed by atoms with Gasteiger partial charge < -0.3 is 9.80 Å². The molecule has 5 heteroatoms. The average Bonchev–Trinajstić information content (AvgIpc) is 3.32. The molecule has 1 heterocycles. The van der Waals surface area contributed by atoms with Gasteiger partial charge in [0.05, 0.1) is 6.04 Å². The van der Waals surface area contributed by atoms with Gasteiger partial charge in [0.25, 0.3) is 0 Å². The molecule has 1 saturated carbocycles. The summed E-state index contributed by atoms with van der Waals surface area (Å²) in [7, 11) is 0. The van der Waals surface area contributed by atoms with E-state index in [1.807, 2.05) is 11.0 Å². The Labute approximate surface area is 136 Å². The van der Waals surface area contributed by atoms with Gasteiger partial charge in [-0.3, -0.25) is 4.79 Å². The number of piperazine rings is 1.